The van der Waals surface area contributed by atoms with Gasteiger partial charge in [-0.3, -0.25) is 0 Å². The van der Waals surface area contributed by atoms with Crippen LogP contribution < -0.4 is 11.1 Å². The minimum atomic E-state index is 0.315. The van der Waals surface area contributed by atoms with Crippen LogP contribution in [0.2, 0.25) is 0 Å². The third-order valence-corrected chi connectivity index (χ3v) is 2.53. The molecule has 0 spiro atoms. The zero-order valence-electron chi connectivity index (χ0n) is 8.75. The van der Waals surface area contributed by atoms with Crippen LogP contribution in [0.15, 0.2) is 0 Å². The number of nitrogens with two attached hydrogens (primary N) is 1. The molecule has 0 aromatic carbocycles. The maximum atomic E-state index is 5.65. The third kappa shape index (κ3) is 4.07. The molecule has 0 aromatic rings. The fourth-order valence-electron chi connectivity index (χ4n) is 1.62. The van der Waals surface area contributed by atoms with Gasteiger partial charge in [0.05, 0.1) is 6.10 Å². The van der Waals surface area contributed by atoms with Crippen molar-refractivity contribution in [1.29, 1.82) is 0 Å². The van der Waals surface area contributed by atoms with Crippen LogP contribution in [0.25, 0.3) is 0 Å². The van der Waals surface area contributed by atoms with E-state index in [1.54, 1.807) is 0 Å². The fourth-order valence-corrected chi connectivity index (χ4v) is 1.62. The third-order valence-electron chi connectivity index (χ3n) is 2.53. The second kappa shape index (κ2) is 5.58. The van der Waals surface area contributed by atoms with Gasteiger partial charge in [0.15, 0.2) is 0 Å². The lowest BCUT2D eigenvalue weighted by molar-refractivity contribution is -0.00978. The van der Waals surface area contributed by atoms with Crippen LogP contribution in [0, 0.1) is 0 Å². The van der Waals surface area contributed by atoms with E-state index in [1.165, 1.54) is 12.8 Å². The Kier molecular flexibility index (Phi) is 4.70. The molecule has 13 heavy (non-hydrogen) atoms. The molecule has 1 fully saturated rings. The topological polar surface area (TPSA) is 47.3 Å². The Labute approximate surface area is 81.0 Å². The molecule has 1 aliphatic carbocycles. The van der Waals surface area contributed by atoms with Crippen LogP contribution in [0.5, 0.6) is 0 Å². The second-order valence-electron chi connectivity index (χ2n) is 3.97. The van der Waals surface area contributed by atoms with E-state index in [1.807, 2.05) is 6.92 Å². The second-order valence-corrected chi connectivity index (χ2v) is 3.97. The number of rotatable bonds is 6. The molecule has 3 N–H and O–H groups in total. The standard InChI is InChI=1S/C10H22N2O/c1-3-13-10-6-9(7-10)12-5-4-8(2)11/h8-10,12H,3-7,11H2,1-2H3. The number of hydrogen-bond donors (Lipinski definition) is 2. The summed E-state index contributed by atoms with van der Waals surface area (Å²) >= 11 is 0. The summed E-state index contributed by atoms with van der Waals surface area (Å²) in [6, 6.07) is 0.991. The average molecular weight is 186 g/mol. The van der Waals surface area contributed by atoms with Crippen LogP contribution >= 0.6 is 0 Å². The van der Waals surface area contributed by atoms with Gasteiger partial charge >= 0.3 is 0 Å². The Hall–Kier alpha value is -0.120. The normalized spacial score (nSPS) is 29.8. The number of ether oxygens (including phenoxy) is 1. The molecule has 0 radical (unpaired) electrons. The Morgan fingerprint density at radius 1 is 1.54 bits per heavy atom. The Morgan fingerprint density at radius 3 is 2.77 bits per heavy atom. The van der Waals surface area contributed by atoms with Crippen molar-refractivity contribution in [2.75, 3.05) is 13.2 Å². The van der Waals surface area contributed by atoms with Gasteiger partial charge in [0.1, 0.15) is 0 Å². The first-order chi connectivity index (χ1) is 6.22. The van der Waals surface area contributed by atoms with Crippen molar-refractivity contribution in [2.24, 2.45) is 5.73 Å². The molecule has 0 heterocycles. The van der Waals surface area contributed by atoms with Crippen molar-refractivity contribution in [3.63, 3.8) is 0 Å². The van der Waals surface area contributed by atoms with Gasteiger partial charge in [0, 0.05) is 18.7 Å². The molecule has 1 saturated carbocycles. The predicted octanol–water partition coefficient (Wildman–Crippen LogP) is 0.881. The molecule has 0 bridgehead atoms. The molecule has 0 aromatic heterocycles. The number of nitrogens with one attached hydrogen (secondary N) is 1. The molecule has 0 amide bonds. The van der Waals surface area contributed by atoms with E-state index in [9.17, 15) is 0 Å². The van der Waals surface area contributed by atoms with E-state index in [4.69, 9.17) is 10.5 Å². The molecular formula is C10H22N2O. The zero-order valence-corrected chi connectivity index (χ0v) is 8.75. The van der Waals surface area contributed by atoms with E-state index in [0.29, 0.717) is 18.2 Å². The summed E-state index contributed by atoms with van der Waals surface area (Å²) in [5, 5.41) is 3.48. The molecule has 1 rings (SSSR count). The lowest BCUT2D eigenvalue weighted by atomic mass is 9.89. The molecule has 1 unspecified atom stereocenters. The molecule has 3 nitrogen and oxygen atoms in total. The SMILES string of the molecule is CCOC1CC(NCCC(C)N)C1. The van der Waals surface area contributed by atoms with Crippen LogP contribution in [0.4, 0.5) is 0 Å². The predicted molar refractivity (Wildman–Crippen MR) is 54.7 cm³/mol. The fraction of sp³-hybridized carbons (Fsp3) is 1.00. The van der Waals surface area contributed by atoms with E-state index in [-0.39, 0.29) is 0 Å². The lowest BCUT2D eigenvalue weighted by Gasteiger charge is -2.35. The zero-order chi connectivity index (χ0) is 9.68. The van der Waals surface area contributed by atoms with Gasteiger partial charge in [-0.25, -0.2) is 0 Å². The first-order valence-electron chi connectivity index (χ1n) is 5.33. The quantitative estimate of drug-likeness (QED) is 0.647. The summed E-state index contributed by atoms with van der Waals surface area (Å²) in [5.41, 5.74) is 5.65. The van der Waals surface area contributed by atoms with Crippen LogP contribution in [0.3, 0.4) is 0 Å². The first kappa shape index (κ1) is 11.0. The van der Waals surface area contributed by atoms with Crippen LogP contribution in [-0.2, 0) is 4.74 Å². The summed E-state index contributed by atoms with van der Waals surface area (Å²) in [7, 11) is 0. The lowest BCUT2D eigenvalue weighted by Crippen LogP contribution is -2.46. The van der Waals surface area contributed by atoms with E-state index in [2.05, 4.69) is 12.2 Å². The summed E-state index contributed by atoms with van der Waals surface area (Å²) in [4.78, 5) is 0. The minimum absolute atomic E-state index is 0.315. The van der Waals surface area contributed by atoms with Crippen molar-refractivity contribution < 1.29 is 4.74 Å². The molecule has 1 aliphatic rings. The van der Waals surface area contributed by atoms with Crippen molar-refractivity contribution in [2.45, 2.75) is 51.3 Å². The van der Waals surface area contributed by atoms with Gasteiger partial charge < -0.3 is 15.8 Å². The monoisotopic (exact) mass is 186 g/mol. The Morgan fingerprint density at radius 2 is 2.23 bits per heavy atom. The van der Waals surface area contributed by atoms with E-state index < -0.39 is 0 Å². The minimum Gasteiger partial charge on any atom is -0.378 e. The maximum absolute atomic E-state index is 5.65. The van der Waals surface area contributed by atoms with Gasteiger partial charge in [0.2, 0.25) is 0 Å². The summed E-state index contributed by atoms with van der Waals surface area (Å²) in [6.45, 7) is 5.99. The molecule has 1 atom stereocenters. The van der Waals surface area contributed by atoms with Crippen molar-refractivity contribution in [3.8, 4) is 0 Å². The Balaban J connectivity index is 1.90. The Bertz CT molecular complexity index is 133. The van der Waals surface area contributed by atoms with Crippen LogP contribution in [-0.4, -0.2) is 31.3 Å². The van der Waals surface area contributed by atoms with E-state index >= 15 is 0 Å². The molecule has 0 saturated heterocycles. The highest BCUT2D eigenvalue weighted by Crippen LogP contribution is 2.22. The maximum Gasteiger partial charge on any atom is 0.0604 e. The highest BCUT2D eigenvalue weighted by Gasteiger charge is 2.28. The highest BCUT2D eigenvalue weighted by molar-refractivity contribution is 4.85. The molecular weight excluding hydrogens is 164 g/mol. The van der Waals surface area contributed by atoms with Gasteiger partial charge in [-0.1, -0.05) is 0 Å². The highest BCUT2D eigenvalue weighted by atomic mass is 16.5. The molecule has 0 aliphatic heterocycles. The average Bonchev–Trinajstić information content (AvgIpc) is 1.99. The van der Waals surface area contributed by atoms with Crippen LogP contribution in [0.1, 0.15) is 33.1 Å². The van der Waals surface area contributed by atoms with Gasteiger partial charge in [-0.2, -0.15) is 0 Å². The van der Waals surface area contributed by atoms with Gasteiger partial charge in [0.25, 0.3) is 0 Å². The van der Waals surface area contributed by atoms with Crippen molar-refractivity contribution in [1.82, 2.24) is 5.32 Å². The van der Waals surface area contributed by atoms with Gasteiger partial charge in [-0.05, 0) is 39.7 Å². The molecule has 78 valence electrons. The molecule has 3 heteroatoms. The number of hydrogen-bond acceptors (Lipinski definition) is 3. The smallest absolute Gasteiger partial charge is 0.0604 e. The first-order valence-corrected chi connectivity index (χ1v) is 5.33. The van der Waals surface area contributed by atoms with Gasteiger partial charge in [-0.15, -0.1) is 0 Å². The van der Waals surface area contributed by atoms with E-state index in [0.717, 1.165) is 19.6 Å². The summed E-state index contributed by atoms with van der Waals surface area (Å²) in [5.74, 6) is 0. The summed E-state index contributed by atoms with van der Waals surface area (Å²) in [6.07, 6.45) is 3.92. The van der Waals surface area contributed by atoms with Crippen molar-refractivity contribution in [3.05, 3.63) is 0 Å². The largest absolute Gasteiger partial charge is 0.378 e. The summed E-state index contributed by atoms with van der Waals surface area (Å²) < 4.78 is 5.47. The van der Waals surface area contributed by atoms with Crippen molar-refractivity contribution >= 4 is 0 Å².